The third-order valence-corrected chi connectivity index (χ3v) is 5.22. The number of nitrogens with zero attached hydrogens (tertiary/aromatic N) is 2. The summed E-state index contributed by atoms with van der Waals surface area (Å²) in [7, 11) is 1.72. The van der Waals surface area contributed by atoms with Gasteiger partial charge in [-0.1, -0.05) is 60.7 Å². The first kappa shape index (κ1) is 23.2. The lowest BCUT2D eigenvalue weighted by Gasteiger charge is -2.26. The van der Waals surface area contributed by atoms with Gasteiger partial charge in [0.15, 0.2) is 0 Å². The van der Waals surface area contributed by atoms with Crippen LogP contribution in [0.2, 0.25) is 0 Å². The lowest BCUT2D eigenvalue weighted by molar-refractivity contribution is 0.00706. The molecule has 2 aromatic carbocycles. The van der Waals surface area contributed by atoms with Crippen LogP contribution in [0.15, 0.2) is 79.0 Å². The van der Waals surface area contributed by atoms with Gasteiger partial charge in [0.25, 0.3) is 0 Å². The number of rotatable bonds is 14. The highest BCUT2D eigenvalue weighted by atomic mass is 16.5. The van der Waals surface area contributed by atoms with Gasteiger partial charge >= 0.3 is 0 Å². The van der Waals surface area contributed by atoms with Gasteiger partial charge in [-0.05, 0) is 29.7 Å². The van der Waals surface area contributed by atoms with Gasteiger partial charge in [0.2, 0.25) is 0 Å². The normalized spacial score (nSPS) is 12.4. The summed E-state index contributed by atoms with van der Waals surface area (Å²) in [4.78, 5) is 2.28. The highest BCUT2D eigenvalue weighted by Gasteiger charge is 2.14. The Morgan fingerprint density at radius 1 is 0.935 bits per heavy atom. The molecule has 0 aliphatic rings. The van der Waals surface area contributed by atoms with Crippen LogP contribution in [0.1, 0.15) is 23.2 Å². The van der Waals surface area contributed by atoms with Crippen molar-refractivity contribution < 1.29 is 14.6 Å². The van der Waals surface area contributed by atoms with Gasteiger partial charge in [-0.25, -0.2) is 0 Å². The number of aromatic nitrogens is 1. The van der Waals surface area contributed by atoms with Crippen LogP contribution in [-0.2, 0) is 29.2 Å². The minimum absolute atomic E-state index is 0.320. The summed E-state index contributed by atoms with van der Waals surface area (Å²) in [6.45, 7) is 4.59. The Labute approximate surface area is 185 Å². The number of hydrogen-bond acceptors (Lipinski definition) is 4. The van der Waals surface area contributed by atoms with Crippen molar-refractivity contribution in [2.75, 3.05) is 33.4 Å². The van der Waals surface area contributed by atoms with E-state index in [1.54, 1.807) is 7.11 Å². The fraction of sp³-hybridized carbons (Fsp3) is 0.385. The third-order valence-electron chi connectivity index (χ3n) is 5.22. The summed E-state index contributed by atoms with van der Waals surface area (Å²) in [5.41, 5.74) is 3.63. The first-order valence-electron chi connectivity index (χ1n) is 10.9. The van der Waals surface area contributed by atoms with Crippen LogP contribution >= 0.6 is 0 Å². The molecule has 0 aliphatic carbocycles. The molecule has 1 aromatic heterocycles. The molecule has 31 heavy (non-hydrogen) atoms. The lowest BCUT2D eigenvalue weighted by Crippen LogP contribution is -2.36. The molecule has 0 saturated heterocycles. The monoisotopic (exact) mass is 422 g/mol. The van der Waals surface area contributed by atoms with E-state index in [1.165, 1.54) is 11.3 Å². The first-order chi connectivity index (χ1) is 15.2. The van der Waals surface area contributed by atoms with Crippen molar-refractivity contribution in [3.63, 3.8) is 0 Å². The molecule has 3 aromatic rings. The van der Waals surface area contributed by atoms with Crippen LogP contribution in [0.25, 0.3) is 0 Å². The standard InChI is InChI=1S/C26H34N2O3/c1-30-17-9-15-27(20-26(29)22-31-21-24-12-6-3-7-13-24)19-25-14-8-16-28(25)18-23-10-4-2-5-11-23/h2-8,10-14,16,26,29H,9,15,17-22H2,1H3/t26-/m1/s1. The van der Waals surface area contributed by atoms with Crippen molar-refractivity contribution in [3.05, 3.63) is 95.8 Å². The number of benzene rings is 2. The zero-order chi connectivity index (χ0) is 21.7. The SMILES string of the molecule is COCCCN(Cc1cccn1Cc1ccccc1)C[C@@H](O)COCc1ccccc1. The lowest BCUT2D eigenvalue weighted by atomic mass is 10.2. The van der Waals surface area contributed by atoms with Crippen LogP contribution in [0.4, 0.5) is 0 Å². The number of aliphatic hydroxyl groups is 1. The maximum Gasteiger partial charge on any atom is 0.0900 e. The highest BCUT2D eigenvalue weighted by molar-refractivity contribution is 5.18. The Bertz CT molecular complexity index is 851. The van der Waals surface area contributed by atoms with E-state index < -0.39 is 6.10 Å². The number of hydrogen-bond donors (Lipinski definition) is 1. The molecule has 0 amide bonds. The van der Waals surface area contributed by atoms with Crippen LogP contribution in [0.3, 0.4) is 0 Å². The number of ether oxygens (including phenoxy) is 2. The second-order valence-electron chi connectivity index (χ2n) is 7.85. The van der Waals surface area contributed by atoms with Crippen molar-refractivity contribution in [1.82, 2.24) is 9.47 Å². The van der Waals surface area contributed by atoms with Gasteiger partial charge in [-0.2, -0.15) is 0 Å². The Hall–Kier alpha value is -2.44. The predicted molar refractivity (Wildman–Crippen MR) is 124 cm³/mol. The number of methoxy groups -OCH3 is 1. The molecule has 5 heteroatoms. The second kappa shape index (κ2) is 13.1. The quantitative estimate of drug-likeness (QED) is 0.400. The third kappa shape index (κ3) is 8.31. The van der Waals surface area contributed by atoms with Crippen LogP contribution in [-0.4, -0.2) is 54.1 Å². The van der Waals surface area contributed by atoms with E-state index in [2.05, 4.69) is 52.1 Å². The maximum absolute atomic E-state index is 10.6. The van der Waals surface area contributed by atoms with Gasteiger partial charge in [-0.15, -0.1) is 0 Å². The van der Waals surface area contributed by atoms with E-state index in [0.29, 0.717) is 26.4 Å². The Kier molecular flexibility index (Phi) is 9.80. The van der Waals surface area contributed by atoms with Crippen LogP contribution in [0.5, 0.6) is 0 Å². The van der Waals surface area contributed by atoms with Gasteiger partial charge in [0.1, 0.15) is 0 Å². The molecular weight excluding hydrogens is 388 g/mol. The molecule has 3 rings (SSSR count). The average molecular weight is 423 g/mol. The van der Waals surface area contributed by atoms with Crippen molar-refractivity contribution in [3.8, 4) is 0 Å². The molecule has 0 spiro atoms. The Balaban J connectivity index is 1.54. The van der Waals surface area contributed by atoms with E-state index in [1.807, 2.05) is 36.4 Å². The molecule has 0 bridgehead atoms. The molecule has 0 unspecified atom stereocenters. The minimum atomic E-state index is -0.538. The van der Waals surface area contributed by atoms with Gasteiger partial charge in [0, 0.05) is 51.8 Å². The molecule has 1 heterocycles. The summed E-state index contributed by atoms with van der Waals surface area (Å²) in [6.07, 6.45) is 2.51. The van der Waals surface area contributed by atoms with Crippen molar-refractivity contribution in [2.24, 2.45) is 0 Å². The van der Waals surface area contributed by atoms with E-state index in [0.717, 1.165) is 31.6 Å². The fourth-order valence-electron chi connectivity index (χ4n) is 3.66. The van der Waals surface area contributed by atoms with E-state index in [4.69, 9.17) is 9.47 Å². The highest BCUT2D eigenvalue weighted by Crippen LogP contribution is 2.12. The zero-order valence-electron chi connectivity index (χ0n) is 18.4. The van der Waals surface area contributed by atoms with E-state index in [9.17, 15) is 5.11 Å². The zero-order valence-corrected chi connectivity index (χ0v) is 18.4. The molecule has 0 saturated carbocycles. The second-order valence-corrected chi connectivity index (χ2v) is 7.85. The van der Waals surface area contributed by atoms with Crippen molar-refractivity contribution in [1.29, 1.82) is 0 Å². The van der Waals surface area contributed by atoms with E-state index >= 15 is 0 Å². The van der Waals surface area contributed by atoms with Crippen molar-refractivity contribution >= 4 is 0 Å². The summed E-state index contributed by atoms with van der Waals surface area (Å²) in [6, 6.07) is 24.8. The van der Waals surface area contributed by atoms with Crippen LogP contribution in [0, 0.1) is 0 Å². The molecular formula is C26H34N2O3. The predicted octanol–water partition coefficient (Wildman–Crippen LogP) is 3.95. The largest absolute Gasteiger partial charge is 0.389 e. The van der Waals surface area contributed by atoms with Gasteiger partial charge in [-0.3, -0.25) is 4.90 Å². The van der Waals surface area contributed by atoms with E-state index in [-0.39, 0.29) is 0 Å². The summed E-state index contributed by atoms with van der Waals surface area (Å²) in [5.74, 6) is 0. The fourth-order valence-corrected chi connectivity index (χ4v) is 3.66. The van der Waals surface area contributed by atoms with Gasteiger partial charge < -0.3 is 19.1 Å². The minimum Gasteiger partial charge on any atom is -0.389 e. The van der Waals surface area contributed by atoms with Gasteiger partial charge in [0.05, 0.1) is 19.3 Å². The molecule has 1 atom stereocenters. The summed E-state index contributed by atoms with van der Waals surface area (Å²) >= 11 is 0. The first-order valence-corrected chi connectivity index (χ1v) is 10.9. The Morgan fingerprint density at radius 3 is 2.35 bits per heavy atom. The number of aliphatic hydroxyl groups excluding tert-OH is 1. The summed E-state index contributed by atoms with van der Waals surface area (Å²) < 4.78 is 13.2. The topological polar surface area (TPSA) is 46.9 Å². The van der Waals surface area contributed by atoms with Crippen LogP contribution < -0.4 is 0 Å². The molecule has 5 nitrogen and oxygen atoms in total. The maximum atomic E-state index is 10.6. The summed E-state index contributed by atoms with van der Waals surface area (Å²) in [5, 5.41) is 10.6. The Morgan fingerprint density at radius 2 is 1.65 bits per heavy atom. The average Bonchev–Trinajstić information content (AvgIpc) is 3.21. The van der Waals surface area contributed by atoms with Crippen molar-refractivity contribution in [2.45, 2.75) is 32.2 Å². The molecule has 0 fully saturated rings. The molecule has 1 N–H and O–H groups in total. The molecule has 0 radical (unpaired) electrons. The smallest absolute Gasteiger partial charge is 0.0900 e. The molecule has 0 aliphatic heterocycles. The molecule has 166 valence electrons.